The molecule has 0 aliphatic heterocycles. The molecule has 0 saturated heterocycles. The highest BCUT2D eigenvalue weighted by Crippen LogP contribution is 2.18. The topological polar surface area (TPSA) is 55.4 Å². The molecule has 102 valence electrons. The maximum absolute atomic E-state index is 11.8. The van der Waals surface area contributed by atoms with E-state index in [1.54, 1.807) is 0 Å². The summed E-state index contributed by atoms with van der Waals surface area (Å²) in [6.45, 7) is 4.40. The molecule has 1 aromatic carbocycles. The lowest BCUT2D eigenvalue weighted by molar-refractivity contribution is 0.163. The van der Waals surface area contributed by atoms with Crippen molar-refractivity contribution in [3.05, 3.63) is 34.3 Å². The van der Waals surface area contributed by atoms with Crippen molar-refractivity contribution in [3.8, 4) is 0 Å². The van der Waals surface area contributed by atoms with Crippen molar-refractivity contribution < 1.29 is 13.2 Å². The standard InChI is InChI=1S/C12H18BrNO3S/c1-3-17-7-8-18(15,16)14-10(2)11-5-4-6-12(13)9-11/h4-6,9-10,14H,3,7-8H2,1-2H3. The number of rotatable bonds is 7. The Balaban J connectivity index is 2.61. The van der Waals surface area contributed by atoms with E-state index in [4.69, 9.17) is 4.74 Å². The van der Waals surface area contributed by atoms with Crippen LogP contribution in [0.3, 0.4) is 0 Å². The van der Waals surface area contributed by atoms with E-state index in [0.717, 1.165) is 10.0 Å². The van der Waals surface area contributed by atoms with Crippen LogP contribution in [0.4, 0.5) is 0 Å². The summed E-state index contributed by atoms with van der Waals surface area (Å²) < 4.78 is 32.2. The Bertz CT molecular complexity index is 476. The molecular formula is C12H18BrNO3S. The second-order valence-electron chi connectivity index (χ2n) is 3.91. The lowest BCUT2D eigenvalue weighted by atomic mass is 10.1. The van der Waals surface area contributed by atoms with Gasteiger partial charge in [-0.25, -0.2) is 13.1 Å². The maximum Gasteiger partial charge on any atom is 0.214 e. The molecule has 0 aromatic heterocycles. The van der Waals surface area contributed by atoms with Crippen molar-refractivity contribution in [2.45, 2.75) is 19.9 Å². The van der Waals surface area contributed by atoms with Gasteiger partial charge in [0.1, 0.15) is 0 Å². The van der Waals surface area contributed by atoms with E-state index in [9.17, 15) is 8.42 Å². The minimum absolute atomic E-state index is 0.0147. The summed E-state index contributed by atoms with van der Waals surface area (Å²) in [6.07, 6.45) is 0. The molecule has 0 aliphatic rings. The molecule has 1 rings (SSSR count). The fourth-order valence-electron chi connectivity index (χ4n) is 1.49. The van der Waals surface area contributed by atoms with Crippen molar-refractivity contribution in [3.63, 3.8) is 0 Å². The molecule has 0 spiro atoms. The van der Waals surface area contributed by atoms with E-state index in [-0.39, 0.29) is 18.4 Å². The van der Waals surface area contributed by atoms with Gasteiger partial charge in [-0.2, -0.15) is 0 Å². The van der Waals surface area contributed by atoms with E-state index in [2.05, 4.69) is 20.7 Å². The van der Waals surface area contributed by atoms with E-state index in [1.165, 1.54) is 0 Å². The number of hydrogen-bond donors (Lipinski definition) is 1. The van der Waals surface area contributed by atoms with E-state index in [1.807, 2.05) is 38.1 Å². The van der Waals surface area contributed by atoms with Gasteiger partial charge in [0.05, 0.1) is 12.4 Å². The summed E-state index contributed by atoms with van der Waals surface area (Å²) in [4.78, 5) is 0. The number of hydrogen-bond acceptors (Lipinski definition) is 3. The van der Waals surface area contributed by atoms with Gasteiger partial charge in [-0.3, -0.25) is 0 Å². The molecule has 1 atom stereocenters. The van der Waals surface area contributed by atoms with Gasteiger partial charge in [0.15, 0.2) is 0 Å². The SMILES string of the molecule is CCOCCS(=O)(=O)NC(C)c1cccc(Br)c1. The second-order valence-corrected chi connectivity index (χ2v) is 6.70. The highest BCUT2D eigenvalue weighted by atomic mass is 79.9. The van der Waals surface area contributed by atoms with Gasteiger partial charge in [0.25, 0.3) is 0 Å². The summed E-state index contributed by atoms with van der Waals surface area (Å²) >= 11 is 3.36. The van der Waals surface area contributed by atoms with Crippen LogP contribution in [-0.4, -0.2) is 27.4 Å². The molecule has 0 heterocycles. The zero-order chi connectivity index (χ0) is 13.6. The zero-order valence-corrected chi connectivity index (χ0v) is 12.9. The summed E-state index contributed by atoms with van der Waals surface area (Å²) in [7, 11) is -3.30. The summed E-state index contributed by atoms with van der Waals surface area (Å²) in [5, 5.41) is 0. The first-order valence-electron chi connectivity index (χ1n) is 5.78. The first-order chi connectivity index (χ1) is 8.44. The summed E-state index contributed by atoms with van der Waals surface area (Å²) in [5.41, 5.74) is 0.921. The van der Waals surface area contributed by atoms with Crippen molar-refractivity contribution in [1.82, 2.24) is 4.72 Å². The average molecular weight is 336 g/mol. The van der Waals surface area contributed by atoms with Crippen LogP contribution >= 0.6 is 15.9 Å². The van der Waals surface area contributed by atoms with Crippen molar-refractivity contribution in [1.29, 1.82) is 0 Å². The third-order valence-electron chi connectivity index (χ3n) is 2.41. The van der Waals surface area contributed by atoms with Gasteiger partial charge in [0, 0.05) is 17.1 Å². The van der Waals surface area contributed by atoms with Crippen LogP contribution in [0.15, 0.2) is 28.7 Å². The molecule has 0 saturated carbocycles. The largest absolute Gasteiger partial charge is 0.381 e. The van der Waals surface area contributed by atoms with Gasteiger partial charge < -0.3 is 4.74 Å². The van der Waals surface area contributed by atoms with Crippen LogP contribution in [0, 0.1) is 0 Å². The molecular weight excluding hydrogens is 318 g/mol. The molecule has 0 fully saturated rings. The van der Waals surface area contributed by atoms with E-state index in [0.29, 0.717) is 6.61 Å². The lowest BCUT2D eigenvalue weighted by Crippen LogP contribution is -2.30. The predicted octanol–water partition coefficient (Wildman–Crippen LogP) is 2.47. The van der Waals surface area contributed by atoms with Gasteiger partial charge in [-0.1, -0.05) is 28.1 Å². The van der Waals surface area contributed by atoms with Crippen LogP contribution < -0.4 is 4.72 Å². The number of ether oxygens (including phenoxy) is 1. The smallest absolute Gasteiger partial charge is 0.214 e. The third-order valence-corrected chi connectivity index (χ3v) is 4.32. The maximum atomic E-state index is 11.8. The first kappa shape index (κ1) is 15.6. The fraction of sp³-hybridized carbons (Fsp3) is 0.500. The van der Waals surface area contributed by atoms with Gasteiger partial charge >= 0.3 is 0 Å². The van der Waals surface area contributed by atoms with Crippen molar-refractivity contribution in [2.75, 3.05) is 19.0 Å². The molecule has 1 N–H and O–H groups in total. The Morgan fingerprint density at radius 1 is 1.44 bits per heavy atom. The summed E-state index contributed by atoms with van der Waals surface area (Å²) in [5.74, 6) is -0.0147. The zero-order valence-electron chi connectivity index (χ0n) is 10.5. The van der Waals surface area contributed by atoms with Crippen molar-refractivity contribution >= 4 is 26.0 Å². The van der Waals surface area contributed by atoms with Crippen LogP contribution in [0.2, 0.25) is 0 Å². The Hall–Kier alpha value is -0.430. The van der Waals surface area contributed by atoms with E-state index < -0.39 is 10.0 Å². The Labute approximate surface area is 117 Å². The number of halogens is 1. The molecule has 6 heteroatoms. The number of benzene rings is 1. The highest BCUT2D eigenvalue weighted by molar-refractivity contribution is 9.10. The first-order valence-corrected chi connectivity index (χ1v) is 8.22. The predicted molar refractivity (Wildman–Crippen MR) is 76.0 cm³/mol. The van der Waals surface area contributed by atoms with E-state index >= 15 is 0 Å². The quantitative estimate of drug-likeness (QED) is 0.778. The minimum Gasteiger partial charge on any atom is -0.381 e. The molecule has 0 bridgehead atoms. The summed E-state index contributed by atoms with van der Waals surface area (Å²) in [6, 6.07) is 7.31. The highest BCUT2D eigenvalue weighted by Gasteiger charge is 2.15. The van der Waals surface area contributed by atoms with Crippen LogP contribution in [0.5, 0.6) is 0 Å². The molecule has 4 nitrogen and oxygen atoms in total. The van der Waals surface area contributed by atoms with Crippen LogP contribution in [-0.2, 0) is 14.8 Å². The Morgan fingerprint density at radius 2 is 2.17 bits per heavy atom. The van der Waals surface area contributed by atoms with Gasteiger partial charge in [0.2, 0.25) is 10.0 Å². The number of nitrogens with one attached hydrogen (secondary N) is 1. The monoisotopic (exact) mass is 335 g/mol. The molecule has 0 amide bonds. The van der Waals surface area contributed by atoms with Crippen molar-refractivity contribution in [2.24, 2.45) is 0 Å². The molecule has 18 heavy (non-hydrogen) atoms. The van der Waals surface area contributed by atoms with Gasteiger partial charge in [-0.05, 0) is 31.5 Å². The Morgan fingerprint density at radius 3 is 2.78 bits per heavy atom. The average Bonchev–Trinajstić information content (AvgIpc) is 2.28. The molecule has 0 radical (unpaired) electrons. The normalized spacial score (nSPS) is 13.5. The van der Waals surface area contributed by atoms with Gasteiger partial charge in [-0.15, -0.1) is 0 Å². The molecule has 1 aromatic rings. The second kappa shape index (κ2) is 7.23. The fourth-order valence-corrected chi connectivity index (χ4v) is 3.03. The third kappa shape index (κ3) is 5.48. The molecule has 0 aliphatic carbocycles. The Kier molecular flexibility index (Phi) is 6.28. The minimum atomic E-state index is -3.30. The lowest BCUT2D eigenvalue weighted by Gasteiger charge is -2.14. The number of sulfonamides is 1. The van der Waals surface area contributed by atoms with Crippen LogP contribution in [0.25, 0.3) is 0 Å². The van der Waals surface area contributed by atoms with Crippen LogP contribution in [0.1, 0.15) is 25.5 Å². The molecule has 1 unspecified atom stereocenters.